The van der Waals surface area contributed by atoms with Crippen molar-refractivity contribution in [2.24, 2.45) is 0 Å². The Hall–Kier alpha value is -2.80. The summed E-state index contributed by atoms with van der Waals surface area (Å²) in [6.45, 7) is 2.28. The van der Waals surface area contributed by atoms with Crippen molar-refractivity contribution >= 4 is 17.7 Å². The van der Waals surface area contributed by atoms with Crippen molar-refractivity contribution in [3.8, 4) is 17.2 Å². The number of rotatable bonds is 9. The number of benzene rings is 2. The number of carboxylic acid groups (broad SMARTS) is 1. The van der Waals surface area contributed by atoms with Gasteiger partial charge < -0.3 is 14.3 Å². The fraction of sp³-hybridized carbons (Fsp3) is 0.238. The van der Waals surface area contributed by atoms with Gasteiger partial charge in [0.1, 0.15) is 17.3 Å². The van der Waals surface area contributed by atoms with Crippen molar-refractivity contribution in [2.45, 2.75) is 19.1 Å². The van der Waals surface area contributed by atoms with E-state index >= 15 is 0 Å². The maximum Gasteiger partial charge on any atom is 0.313 e. The summed E-state index contributed by atoms with van der Waals surface area (Å²) < 4.78 is 24.5. The number of carboxylic acids is 1. The van der Waals surface area contributed by atoms with Crippen LogP contribution in [0.25, 0.3) is 11.5 Å². The number of carbonyl (C=O) groups is 1. The van der Waals surface area contributed by atoms with Crippen molar-refractivity contribution in [3.05, 3.63) is 71.4 Å². The van der Waals surface area contributed by atoms with E-state index in [1.807, 2.05) is 31.2 Å². The predicted octanol–water partition coefficient (Wildman–Crippen LogP) is 4.73. The van der Waals surface area contributed by atoms with Gasteiger partial charge >= 0.3 is 5.97 Å². The summed E-state index contributed by atoms with van der Waals surface area (Å²) in [6, 6.07) is 13.6. The Bertz CT molecular complexity index is 940. The van der Waals surface area contributed by atoms with Gasteiger partial charge in [-0.05, 0) is 48.9 Å². The van der Waals surface area contributed by atoms with Gasteiger partial charge in [-0.2, -0.15) is 0 Å². The van der Waals surface area contributed by atoms with Crippen molar-refractivity contribution in [1.82, 2.24) is 4.98 Å². The standard InChI is InChI=1S/C21H20FNO4S/c1-14-19(23-21(27-14)16-5-7-17(22)8-6-16)9-10-26-18-4-2-3-15(11-18)12-28-13-20(24)25/h2-8,11H,9-10,12-13H2,1H3,(H,24,25). The summed E-state index contributed by atoms with van der Waals surface area (Å²) in [7, 11) is 0. The molecule has 7 heteroatoms. The highest BCUT2D eigenvalue weighted by Crippen LogP contribution is 2.23. The number of aryl methyl sites for hydroxylation is 1. The lowest BCUT2D eigenvalue weighted by Gasteiger charge is -2.07. The number of aromatic nitrogens is 1. The minimum Gasteiger partial charge on any atom is -0.493 e. The second kappa shape index (κ2) is 9.41. The van der Waals surface area contributed by atoms with Gasteiger partial charge in [0.05, 0.1) is 18.1 Å². The monoisotopic (exact) mass is 401 g/mol. The van der Waals surface area contributed by atoms with E-state index in [4.69, 9.17) is 14.3 Å². The minimum absolute atomic E-state index is 0.0763. The third-order valence-corrected chi connectivity index (χ3v) is 4.97. The molecule has 2 aromatic carbocycles. The van der Waals surface area contributed by atoms with Crippen LogP contribution in [0.4, 0.5) is 4.39 Å². The van der Waals surface area contributed by atoms with E-state index in [1.165, 1.54) is 23.9 Å². The van der Waals surface area contributed by atoms with Crippen LogP contribution in [0.2, 0.25) is 0 Å². The normalized spacial score (nSPS) is 10.8. The lowest BCUT2D eigenvalue weighted by atomic mass is 10.2. The molecule has 0 saturated heterocycles. The number of aliphatic carboxylic acids is 1. The molecule has 0 aliphatic rings. The van der Waals surface area contributed by atoms with Crippen LogP contribution in [0.5, 0.6) is 5.75 Å². The maximum atomic E-state index is 13.1. The quantitative estimate of drug-likeness (QED) is 0.559. The summed E-state index contributed by atoms with van der Waals surface area (Å²) in [5.41, 5.74) is 2.54. The van der Waals surface area contributed by atoms with Gasteiger partial charge in [0.15, 0.2) is 0 Å². The van der Waals surface area contributed by atoms with E-state index < -0.39 is 5.97 Å². The molecule has 1 N–H and O–H groups in total. The Kier molecular flexibility index (Phi) is 6.71. The summed E-state index contributed by atoms with van der Waals surface area (Å²) >= 11 is 1.35. The molecule has 0 radical (unpaired) electrons. The molecule has 5 nitrogen and oxygen atoms in total. The zero-order valence-electron chi connectivity index (χ0n) is 15.4. The first-order chi connectivity index (χ1) is 13.5. The molecule has 0 aliphatic heterocycles. The Morgan fingerprint density at radius 2 is 2.04 bits per heavy atom. The molecule has 28 heavy (non-hydrogen) atoms. The number of thioether (sulfide) groups is 1. The van der Waals surface area contributed by atoms with Gasteiger partial charge in [-0.3, -0.25) is 4.79 Å². The lowest BCUT2D eigenvalue weighted by molar-refractivity contribution is -0.133. The van der Waals surface area contributed by atoms with Gasteiger partial charge in [0.2, 0.25) is 5.89 Å². The SMILES string of the molecule is Cc1oc(-c2ccc(F)cc2)nc1CCOc1cccc(CSCC(=O)O)c1. The van der Waals surface area contributed by atoms with Gasteiger partial charge in [0, 0.05) is 17.7 Å². The second-order valence-electron chi connectivity index (χ2n) is 6.16. The zero-order chi connectivity index (χ0) is 19.9. The first-order valence-corrected chi connectivity index (χ1v) is 9.90. The number of hydrogen-bond acceptors (Lipinski definition) is 5. The second-order valence-corrected chi connectivity index (χ2v) is 7.15. The minimum atomic E-state index is -0.819. The van der Waals surface area contributed by atoms with E-state index in [2.05, 4.69) is 4.98 Å². The average molecular weight is 401 g/mol. The molecule has 0 aliphatic carbocycles. The fourth-order valence-corrected chi connectivity index (χ4v) is 3.31. The van der Waals surface area contributed by atoms with Crippen molar-refractivity contribution < 1.29 is 23.4 Å². The Labute approximate surface area is 166 Å². The molecule has 1 aromatic heterocycles. The Balaban J connectivity index is 1.55. The molecule has 3 rings (SSSR count). The molecule has 0 amide bonds. The van der Waals surface area contributed by atoms with Crippen molar-refractivity contribution in [3.63, 3.8) is 0 Å². The number of hydrogen-bond donors (Lipinski definition) is 1. The highest BCUT2D eigenvalue weighted by Gasteiger charge is 2.12. The smallest absolute Gasteiger partial charge is 0.313 e. The topological polar surface area (TPSA) is 72.6 Å². The van der Waals surface area contributed by atoms with Crippen LogP contribution in [0.1, 0.15) is 17.0 Å². The highest BCUT2D eigenvalue weighted by molar-refractivity contribution is 7.99. The van der Waals surface area contributed by atoms with Crippen LogP contribution in [-0.4, -0.2) is 28.4 Å². The van der Waals surface area contributed by atoms with Gasteiger partial charge in [-0.25, -0.2) is 9.37 Å². The maximum absolute atomic E-state index is 13.1. The fourth-order valence-electron chi connectivity index (χ4n) is 2.62. The van der Waals surface area contributed by atoms with Gasteiger partial charge in [0.25, 0.3) is 0 Å². The van der Waals surface area contributed by atoms with Crippen LogP contribution in [0.3, 0.4) is 0 Å². The Morgan fingerprint density at radius 3 is 2.79 bits per heavy atom. The molecule has 1 heterocycles. The van der Waals surface area contributed by atoms with Gasteiger partial charge in [-0.15, -0.1) is 11.8 Å². The van der Waals surface area contributed by atoms with E-state index in [9.17, 15) is 9.18 Å². The molecular formula is C21H20FNO4S. The number of ether oxygens (including phenoxy) is 1. The number of nitrogens with zero attached hydrogens (tertiary/aromatic N) is 1. The third-order valence-electron chi connectivity index (χ3n) is 3.98. The van der Waals surface area contributed by atoms with Crippen LogP contribution in [0.15, 0.2) is 52.9 Å². The van der Waals surface area contributed by atoms with E-state index in [0.29, 0.717) is 30.4 Å². The largest absolute Gasteiger partial charge is 0.493 e. The van der Waals surface area contributed by atoms with Crippen LogP contribution in [-0.2, 0) is 17.0 Å². The summed E-state index contributed by atoms with van der Waals surface area (Å²) in [4.78, 5) is 15.1. The van der Waals surface area contributed by atoms with E-state index in [1.54, 1.807) is 12.1 Å². The summed E-state index contributed by atoms with van der Waals surface area (Å²) in [5, 5.41) is 8.70. The van der Waals surface area contributed by atoms with Crippen LogP contribution >= 0.6 is 11.8 Å². The average Bonchev–Trinajstić information content (AvgIpc) is 3.03. The molecule has 0 fully saturated rings. The predicted molar refractivity (Wildman–Crippen MR) is 106 cm³/mol. The van der Waals surface area contributed by atoms with E-state index in [0.717, 1.165) is 22.6 Å². The molecule has 146 valence electrons. The number of halogens is 1. The molecule has 0 spiro atoms. The third kappa shape index (κ3) is 5.60. The van der Waals surface area contributed by atoms with Crippen LogP contribution < -0.4 is 4.74 Å². The molecule has 0 atom stereocenters. The highest BCUT2D eigenvalue weighted by atomic mass is 32.2. The lowest BCUT2D eigenvalue weighted by Crippen LogP contribution is -2.03. The van der Waals surface area contributed by atoms with Crippen molar-refractivity contribution in [2.75, 3.05) is 12.4 Å². The molecule has 3 aromatic rings. The molecular weight excluding hydrogens is 381 g/mol. The van der Waals surface area contributed by atoms with Crippen LogP contribution in [0, 0.1) is 12.7 Å². The summed E-state index contributed by atoms with van der Waals surface area (Å²) in [5.74, 6) is 1.48. The molecule has 0 unspecified atom stereocenters. The molecule has 0 saturated carbocycles. The first-order valence-electron chi connectivity index (χ1n) is 8.75. The van der Waals surface area contributed by atoms with Crippen molar-refractivity contribution in [1.29, 1.82) is 0 Å². The summed E-state index contributed by atoms with van der Waals surface area (Å²) in [6.07, 6.45) is 0.578. The van der Waals surface area contributed by atoms with Gasteiger partial charge in [-0.1, -0.05) is 12.1 Å². The number of oxazole rings is 1. The molecule has 0 bridgehead atoms. The van der Waals surface area contributed by atoms with E-state index in [-0.39, 0.29) is 11.6 Å². The zero-order valence-corrected chi connectivity index (χ0v) is 16.2. The Morgan fingerprint density at radius 1 is 1.25 bits per heavy atom. The first kappa shape index (κ1) is 19.9.